The van der Waals surface area contributed by atoms with Crippen LogP contribution in [0.2, 0.25) is 0 Å². The van der Waals surface area contributed by atoms with Crippen molar-refractivity contribution < 1.29 is 9.59 Å². The summed E-state index contributed by atoms with van der Waals surface area (Å²) in [5, 5.41) is 2.16. The Morgan fingerprint density at radius 3 is 2.59 bits per heavy atom. The normalized spacial score (nSPS) is 13.1. The predicted octanol–water partition coefficient (Wildman–Crippen LogP) is 3.81. The maximum Gasteiger partial charge on any atom is 0.254 e. The van der Waals surface area contributed by atoms with Crippen LogP contribution >= 0.6 is 0 Å². The zero-order valence-corrected chi connectivity index (χ0v) is 15.2. The van der Waals surface area contributed by atoms with Gasteiger partial charge < -0.3 is 10.6 Å². The number of hydrogen-bond donors (Lipinski definition) is 1. The number of hydrogen-bond acceptors (Lipinski definition) is 2. The van der Waals surface area contributed by atoms with Gasteiger partial charge in [-0.25, -0.2) is 0 Å². The van der Waals surface area contributed by atoms with Gasteiger partial charge in [0.25, 0.3) is 5.91 Å². The van der Waals surface area contributed by atoms with E-state index in [1.807, 2.05) is 24.3 Å². The van der Waals surface area contributed by atoms with Crippen molar-refractivity contribution in [1.82, 2.24) is 4.90 Å². The third-order valence-corrected chi connectivity index (χ3v) is 5.19. The molecule has 134 valence electrons. The van der Waals surface area contributed by atoms with Crippen LogP contribution in [0.3, 0.4) is 0 Å². The highest BCUT2D eigenvalue weighted by Gasteiger charge is 2.29. The highest BCUT2D eigenvalue weighted by Crippen LogP contribution is 2.34. The van der Waals surface area contributed by atoms with Gasteiger partial charge in [-0.15, -0.1) is 0 Å². The van der Waals surface area contributed by atoms with Gasteiger partial charge in [-0.2, -0.15) is 0 Å². The van der Waals surface area contributed by atoms with Crippen molar-refractivity contribution >= 4 is 22.6 Å². The number of nitrogens with zero attached hydrogens (tertiary/aromatic N) is 1. The first kappa shape index (κ1) is 17.0. The molecular formula is C23H20N2O2. The van der Waals surface area contributed by atoms with E-state index in [-0.39, 0.29) is 18.0 Å². The van der Waals surface area contributed by atoms with Crippen LogP contribution in [-0.4, -0.2) is 23.3 Å². The van der Waals surface area contributed by atoms with Gasteiger partial charge in [0.1, 0.15) is 0 Å². The lowest BCUT2D eigenvalue weighted by atomic mass is 9.94. The monoisotopic (exact) mass is 356 g/mol. The van der Waals surface area contributed by atoms with Crippen LogP contribution in [-0.2, 0) is 11.3 Å². The van der Waals surface area contributed by atoms with E-state index in [9.17, 15) is 9.59 Å². The van der Waals surface area contributed by atoms with E-state index in [2.05, 4.69) is 43.8 Å². The van der Waals surface area contributed by atoms with Crippen molar-refractivity contribution in [3.05, 3.63) is 83.4 Å². The second-order valence-corrected chi connectivity index (χ2v) is 6.97. The predicted molar refractivity (Wildman–Crippen MR) is 107 cm³/mol. The molecule has 3 aromatic carbocycles. The fourth-order valence-electron chi connectivity index (χ4n) is 3.69. The van der Waals surface area contributed by atoms with E-state index >= 15 is 0 Å². The third kappa shape index (κ3) is 2.89. The highest BCUT2D eigenvalue weighted by atomic mass is 16.2. The molecule has 0 bridgehead atoms. The quantitative estimate of drug-likeness (QED) is 0.723. The molecule has 1 aliphatic heterocycles. The highest BCUT2D eigenvalue weighted by molar-refractivity contribution is 6.05. The lowest BCUT2D eigenvalue weighted by Crippen LogP contribution is -2.30. The molecule has 27 heavy (non-hydrogen) atoms. The van der Waals surface area contributed by atoms with Crippen molar-refractivity contribution in [3.63, 3.8) is 0 Å². The van der Waals surface area contributed by atoms with Gasteiger partial charge in [-0.3, -0.25) is 9.59 Å². The number of aryl methyl sites for hydroxylation is 1. The smallest absolute Gasteiger partial charge is 0.254 e. The van der Waals surface area contributed by atoms with Gasteiger partial charge in [0.2, 0.25) is 5.91 Å². The number of carbonyl (C=O) groups excluding carboxylic acids is 2. The Morgan fingerprint density at radius 1 is 1.11 bits per heavy atom. The molecule has 1 heterocycles. The molecule has 0 aromatic heterocycles. The summed E-state index contributed by atoms with van der Waals surface area (Å²) in [6.07, 6.45) is 0. The molecule has 3 aromatic rings. The molecule has 0 spiro atoms. The van der Waals surface area contributed by atoms with Crippen LogP contribution in [0.1, 0.15) is 21.5 Å². The Kier molecular flexibility index (Phi) is 4.04. The van der Waals surface area contributed by atoms with Gasteiger partial charge in [0.15, 0.2) is 0 Å². The lowest BCUT2D eigenvalue weighted by molar-refractivity contribution is -0.114. The molecule has 4 nitrogen and oxygen atoms in total. The van der Waals surface area contributed by atoms with Crippen molar-refractivity contribution in [2.75, 3.05) is 6.54 Å². The van der Waals surface area contributed by atoms with E-state index in [1.54, 1.807) is 4.90 Å². The number of amides is 2. The van der Waals surface area contributed by atoms with Crippen molar-refractivity contribution in [2.24, 2.45) is 5.73 Å². The topological polar surface area (TPSA) is 63.4 Å². The molecule has 0 saturated heterocycles. The first-order chi connectivity index (χ1) is 13.0. The summed E-state index contributed by atoms with van der Waals surface area (Å²) in [6, 6.07) is 18.4. The van der Waals surface area contributed by atoms with Gasteiger partial charge in [0, 0.05) is 17.7 Å². The van der Waals surface area contributed by atoms with Crippen LogP contribution in [0.5, 0.6) is 0 Å². The fourth-order valence-corrected chi connectivity index (χ4v) is 3.69. The molecule has 2 N–H and O–H groups in total. The van der Waals surface area contributed by atoms with Crippen LogP contribution in [0, 0.1) is 6.92 Å². The van der Waals surface area contributed by atoms with Gasteiger partial charge in [-0.1, -0.05) is 49.0 Å². The van der Waals surface area contributed by atoms with E-state index in [1.165, 1.54) is 11.1 Å². The number of fused-ring (bicyclic) bond motifs is 3. The van der Waals surface area contributed by atoms with Crippen LogP contribution in [0.25, 0.3) is 21.9 Å². The summed E-state index contributed by atoms with van der Waals surface area (Å²) in [5.74, 6) is -0.666. The zero-order chi connectivity index (χ0) is 19.1. The summed E-state index contributed by atoms with van der Waals surface area (Å²) >= 11 is 0. The summed E-state index contributed by atoms with van der Waals surface area (Å²) in [4.78, 5) is 25.7. The minimum atomic E-state index is -0.578. The van der Waals surface area contributed by atoms with Gasteiger partial charge in [-0.05, 0) is 52.1 Å². The molecule has 0 saturated carbocycles. The maximum absolute atomic E-state index is 12.7. The molecular weight excluding hydrogens is 336 g/mol. The van der Waals surface area contributed by atoms with Crippen LogP contribution < -0.4 is 5.73 Å². The summed E-state index contributed by atoms with van der Waals surface area (Å²) in [5.41, 5.74) is 10.7. The standard InChI is InChI=1S/C23H20N2O2/c1-14-5-3-4-6-18(14)17-8-7-16-9-10-19-21(20(16)11-17)13-25(23(19)27)12-15(2)22(24)26/h3-11H,2,12-13H2,1H3,(H2,24,26). The molecule has 2 amide bonds. The Balaban J connectivity index is 1.79. The van der Waals surface area contributed by atoms with E-state index < -0.39 is 5.91 Å². The first-order valence-corrected chi connectivity index (χ1v) is 8.84. The number of primary amides is 1. The number of carbonyl (C=O) groups is 2. The number of rotatable bonds is 4. The Bertz CT molecular complexity index is 1110. The van der Waals surface area contributed by atoms with Crippen LogP contribution in [0.15, 0.2) is 66.7 Å². The number of nitrogens with two attached hydrogens (primary N) is 1. The zero-order valence-electron chi connectivity index (χ0n) is 15.2. The molecule has 4 heteroatoms. The number of benzene rings is 3. The molecule has 4 rings (SSSR count). The van der Waals surface area contributed by atoms with Crippen molar-refractivity contribution in [2.45, 2.75) is 13.5 Å². The van der Waals surface area contributed by atoms with Gasteiger partial charge in [0.05, 0.1) is 6.54 Å². The SMILES string of the molecule is C=C(CN1Cc2c(ccc3ccc(-c4ccccc4C)cc23)C1=O)C(N)=O. The fraction of sp³-hybridized carbons (Fsp3) is 0.130. The van der Waals surface area contributed by atoms with Crippen LogP contribution in [0.4, 0.5) is 0 Å². The average Bonchev–Trinajstić information content (AvgIpc) is 2.98. The molecule has 0 aliphatic carbocycles. The molecule has 1 aliphatic rings. The first-order valence-electron chi connectivity index (χ1n) is 8.84. The summed E-state index contributed by atoms with van der Waals surface area (Å²) < 4.78 is 0. The largest absolute Gasteiger partial charge is 0.366 e. The molecule has 0 radical (unpaired) electrons. The minimum Gasteiger partial charge on any atom is -0.366 e. The molecule has 0 atom stereocenters. The average molecular weight is 356 g/mol. The third-order valence-electron chi connectivity index (χ3n) is 5.19. The Labute approximate surface area is 157 Å². The maximum atomic E-state index is 12.7. The second-order valence-electron chi connectivity index (χ2n) is 6.97. The van der Waals surface area contributed by atoms with E-state index in [4.69, 9.17) is 5.73 Å². The van der Waals surface area contributed by atoms with Crippen molar-refractivity contribution in [1.29, 1.82) is 0 Å². The molecule has 0 unspecified atom stereocenters. The Hall–Kier alpha value is -3.40. The Morgan fingerprint density at radius 2 is 1.85 bits per heavy atom. The minimum absolute atomic E-state index is 0.0874. The van der Waals surface area contributed by atoms with Gasteiger partial charge >= 0.3 is 0 Å². The molecule has 0 fully saturated rings. The summed E-state index contributed by atoms with van der Waals surface area (Å²) in [7, 11) is 0. The lowest BCUT2D eigenvalue weighted by Gasteiger charge is -2.15. The second kappa shape index (κ2) is 6.40. The van der Waals surface area contributed by atoms with E-state index in [0.717, 1.165) is 21.9 Å². The van der Waals surface area contributed by atoms with Crippen molar-refractivity contribution in [3.8, 4) is 11.1 Å². The van der Waals surface area contributed by atoms with E-state index in [0.29, 0.717) is 12.1 Å². The summed E-state index contributed by atoms with van der Waals surface area (Å²) in [6.45, 7) is 6.37.